The molecule has 1 atom stereocenters. The number of allylic oxidation sites excluding steroid dienone is 6. The molecular weight excluding hydrogens is 1090 g/mol. The van der Waals surface area contributed by atoms with Crippen molar-refractivity contribution in [3.05, 3.63) is 303 Å². The number of nitrogens with zero attached hydrogens (tertiary/aromatic N) is 4. The van der Waals surface area contributed by atoms with E-state index in [2.05, 4.69) is 241 Å². The fraction of sp³-hybridized carbons (Fsp3) is 0.0370. The van der Waals surface area contributed by atoms with E-state index in [1.807, 2.05) is 73.7 Å². The van der Waals surface area contributed by atoms with Crippen molar-refractivity contribution in [3.8, 4) is 84.6 Å². The second kappa shape index (κ2) is 21.6. The first-order chi connectivity index (χ1) is 42.9. The summed E-state index contributed by atoms with van der Waals surface area (Å²) in [5.41, 5.74) is 15.2. The Balaban J connectivity index is 1.23. The van der Waals surface area contributed by atoms with Crippen molar-refractivity contribution < 1.29 is 0 Å². The van der Waals surface area contributed by atoms with Crippen LogP contribution in [0.25, 0.3) is 135 Å². The lowest BCUT2D eigenvalue weighted by Crippen LogP contribution is -2.43. The Hall–Kier alpha value is -10.9. The van der Waals surface area contributed by atoms with Crippen LogP contribution < -0.4 is 4.90 Å². The number of nitriles is 2. The molecule has 3 aromatic heterocycles. The summed E-state index contributed by atoms with van der Waals surface area (Å²) in [7, 11) is 0. The van der Waals surface area contributed by atoms with E-state index in [4.69, 9.17) is 6.58 Å². The Labute approximate surface area is 513 Å². The molecule has 11 aromatic carbocycles. The molecule has 6 heteroatoms. The quantitative estimate of drug-likeness (QED) is 0.128. The molecule has 14 aromatic rings. The maximum absolute atomic E-state index is 12.7. The molecule has 0 spiro atoms. The normalized spacial score (nSPS) is 14.4. The lowest BCUT2D eigenvalue weighted by molar-refractivity contribution is 0.683. The van der Waals surface area contributed by atoms with Crippen LogP contribution in [0.2, 0.25) is 0 Å². The third-order valence-electron chi connectivity index (χ3n) is 17.1. The molecule has 0 aliphatic carbocycles. The van der Waals surface area contributed by atoms with Crippen LogP contribution in [0, 0.1) is 22.7 Å². The van der Waals surface area contributed by atoms with Gasteiger partial charge in [-0.15, -0.1) is 22.7 Å². The third kappa shape index (κ3) is 8.68. The maximum Gasteiger partial charge on any atom is 0.102 e. The van der Waals surface area contributed by atoms with E-state index in [9.17, 15) is 10.5 Å². The number of aromatic nitrogens is 1. The van der Waals surface area contributed by atoms with Crippen LogP contribution in [0.15, 0.2) is 291 Å². The largest absolute Gasteiger partial charge is 0.327 e. The minimum absolute atomic E-state index is 0.359. The van der Waals surface area contributed by atoms with Crippen LogP contribution in [0.3, 0.4) is 0 Å². The van der Waals surface area contributed by atoms with Gasteiger partial charge in [-0.2, -0.15) is 10.5 Å². The summed E-state index contributed by atoms with van der Waals surface area (Å²) >= 11 is 3.61. The summed E-state index contributed by atoms with van der Waals surface area (Å²) in [4.78, 5) is 2.24. The highest BCUT2D eigenvalue weighted by Gasteiger charge is 2.39. The van der Waals surface area contributed by atoms with Gasteiger partial charge in [0.1, 0.15) is 12.1 Å². The average Bonchev–Trinajstić information content (AvgIpc) is 1.67. The van der Waals surface area contributed by atoms with Crippen molar-refractivity contribution in [2.45, 2.75) is 19.4 Å². The van der Waals surface area contributed by atoms with Gasteiger partial charge in [-0.25, -0.2) is 0 Å². The Bertz CT molecular complexity index is 5090. The van der Waals surface area contributed by atoms with Crippen LogP contribution in [0.4, 0.5) is 5.69 Å². The molecule has 4 nitrogen and oxygen atoms in total. The first-order valence-electron chi connectivity index (χ1n) is 29.2. The highest BCUT2D eigenvalue weighted by Crippen LogP contribution is 2.56. The lowest BCUT2D eigenvalue weighted by atomic mass is 9.83. The third-order valence-corrected chi connectivity index (χ3v) is 19.7. The predicted molar refractivity (Wildman–Crippen MR) is 371 cm³/mol. The Morgan fingerprint density at radius 2 is 0.862 bits per heavy atom. The molecule has 1 aliphatic heterocycles. The van der Waals surface area contributed by atoms with Crippen LogP contribution in [-0.4, -0.2) is 10.1 Å². The van der Waals surface area contributed by atoms with Crippen molar-refractivity contribution in [1.82, 2.24) is 4.57 Å². The number of fused-ring (bicyclic) bond motifs is 11. The summed E-state index contributed by atoms with van der Waals surface area (Å²) in [6.45, 7) is 9.09. The fourth-order valence-electron chi connectivity index (χ4n) is 13.3. The molecular formula is C81H54N4S2. The van der Waals surface area contributed by atoms with Gasteiger partial charge in [0, 0.05) is 58.5 Å². The topological polar surface area (TPSA) is 55.8 Å². The fourth-order valence-corrected chi connectivity index (χ4v) is 16.0. The minimum Gasteiger partial charge on any atom is -0.327 e. The summed E-state index contributed by atoms with van der Waals surface area (Å²) in [6.07, 6.45) is 16.6. The molecule has 0 amide bonds. The lowest BCUT2D eigenvalue weighted by Gasteiger charge is -2.41. The molecule has 0 bridgehead atoms. The standard InChI is InChI=1S/C81H54N4S2/c1-4-5-22-45-81(3)46-23-21-26-52(2)85(81)74-70(51-83)71(57-35-19-10-20-36-57)69(50-82)73(72(74)60-48-58(53-27-11-6-12-28-53)47-59(49-60)54-29-13-7-14-30-54)84-75-63(41-43-67-65-39-24-37-61(77(65)86-79(67)75)55-31-15-8-16-32-55)64-42-44-68-66-40-25-38-62(56-33-17-9-18-34-56)78(66)87-80(68)76(64)84/h4-49H,2H2,1,3H3/b5-4-,45-22-. The molecule has 0 fully saturated rings. The van der Waals surface area contributed by atoms with E-state index in [-0.39, 0.29) is 0 Å². The van der Waals surface area contributed by atoms with Crippen molar-refractivity contribution in [3.63, 3.8) is 0 Å². The van der Waals surface area contributed by atoms with E-state index in [1.54, 1.807) is 22.7 Å². The van der Waals surface area contributed by atoms with Gasteiger partial charge in [-0.05, 0) is 93.8 Å². The van der Waals surface area contributed by atoms with Crippen molar-refractivity contribution in [1.29, 1.82) is 10.5 Å². The molecule has 4 heterocycles. The van der Waals surface area contributed by atoms with Gasteiger partial charge >= 0.3 is 0 Å². The van der Waals surface area contributed by atoms with Crippen molar-refractivity contribution in [2.24, 2.45) is 0 Å². The average molecular weight is 1150 g/mol. The van der Waals surface area contributed by atoms with Gasteiger partial charge in [0.15, 0.2) is 0 Å². The molecule has 0 N–H and O–H groups in total. The number of anilines is 1. The highest BCUT2D eigenvalue weighted by atomic mass is 32.1. The van der Waals surface area contributed by atoms with Crippen LogP contribution in [0.1, 0.15) is 25.0 Å². The van der Waals surface area contributed by atoms with E-state index >= 15 is 0 Å². The van der Waals surface area contributed by atoms with E-state index in [0.717, 1.165) is 114 Å². The Kier molecular flexibility index (Phi) is 13.2. The molecule has 0 radical (unpaired) electrons. The molecule has 0 saturated heterocycles. The first kappa shape index (κ1) is 52.9. The predicted octanol–water partition coefficient (Wildman–Crippen LogP) is 22.6. The molecule has 1 unspecified atom stereocenters. The molecule has 410 valence electrons. The summed E-state index contributed by atoms with van der Waals surface area (Å²) in [6, 6.07) is 87.6. The van der Waals surface area contributed by atoms with Crippen LogP contribution >= 0.6 is 22.7 Å². The van der Waals surface area contributed by atoms with E-state index in [0.29, 0.717) is 33.8 Å². The summed E-state index contributed by atoms with van der Waals surface area (Å²) in [5.74, 6) is 0. The number of rotatable bonds is 10. The van der Waals surface area contributed by atoms with Gasteiger partial charge < -0.3 is 9.47 Å². The van der Waals surface area contributed by atoms with Gasteiger partial charge in [0.2, 0.25) is 0 Å². The Morgan fingerprint density at radius 1 is 0.425 bits per heavy atom. The highest BCUT2D eigenvalue weighted by molar-refractivity contribution is 7.28. The maximum atomic E-state index is 12.7. The number of thiophene rings is 2. The zero-order valence-electron chi connectivity index (χ0n) is 47.9. The monoisotopic (exact) mass is 1150 g/mol. The molecule has 15 rings (SSSR count). The van der Waals surface area contributed by atoms with Gasteiger partial charge in [-0.3, -0.25) is 0 Å². The smallest absolute Gasteiger partial charge is 0.102 e. The zero-order valence-corrected chi connectivity index (χ0v) is 49.5. The molecule has 1 aliphatic rings. The number of benzene rings is 11. The first-order valence-corrected chi connectivity index (χ1v) is 30.9. The number of hydrogen-bond acceptors (Lipinski definition) is 5. The van der Waals surface area contributed by atoms with Gasteiger partial charge in [0.05, 0.1) is 48.5 Å². The van der Waals surface area contributed by atoms with Crippen LogP contribution in [0.5, 0.6) is 0 Å². The minimum atomic E-state index is -0.918. The van der Waals surface area contributed by atoms with Gasteiger partial charge in [0.25, 0.3) is 0 Å². The van der Waals surface area contributed by atoms with Crippen molar-refractivity contribution in [2.75, 3.05) is 4.90 Å². The van der Waals surface area contributed by atoms with Crippen LogP contribution in [-0.2, 0) is 0 Å². The molecule has 87 heavy (non-hydrogen) atoms. The van der Waals surface area contributed by atoms with Crippen molar-refractivity contribution >= 4 is 90.5 Å². The SMILES string of the molecule is C=C1C=CC=CC(C)(/C=C\C=C/C)N1c1c(C#N)c(-c2ccccc2)c(C#N)c(-n2c3c(ccc4c5cccc(-c6ccccc6)c5sc43)c3ccc4c5cccc(-c6ccccc6)c5sc4c32)c1-c1cc(-c2ccccc2)cc(-c2ccccc2)c1. The number of hydrogen-bond donors (Lipinski definition) is 0. The Morgan fingerprint density at radius 3 is 1.34 bits per heavy atom. The second-order valence-corrected chi connectivity index (χ2v) is 24.3. The second-order valence-electron chi connectivity index (χ2n) is 22.3. The summed E-state index contributed by atoms with van der Waals surface area (Å²) in [5, 5.41) is 31.9. The zero-order chi connectivity index (χ0) is 58.8. The summed E-state index contributed by atoms with van der Waals surface area (Å²) < 4.78 is 7.01. The molecule has 0 saturated carbocycles. The van der Waals surface area contributed by atoms with Gasteiger partial charge in [-0.1, -0.05) is 261 Å². The van der Waals surface area contributed by atoms with E-state index in [1.165, 1.54) is 9.40 Å². The van der Waals surface area contributed by atoms with E-state index < -0.39 is 5.54 Å².